The molecule has 2 nitrogen and oxygen atoms in total. The van der Waals surface area contributed by atoms with E-state index in [1.165, 1.54) is 22.9 Å². The van der Waals surface area contributed by atoms with Gasteiger partial charge in [-0.15, -0.1) is 11.8 Å². The van der Waals surface area contributed by atoms with Crippen LogP contribution in [0.1, 0.15) is 38.3 Å². The number of carbonyl (C=O) groups excluding carboxylic acids is 1. The number of fused-ring (bicyclic) bond motifs is 1. The molecule has 1 atom stereocenters. The number of thioether (sulfide) groups is 1. The van der Waals surface area contributed by atoms with Gasteiger partial charge in [0.1, 0.15) is 0 Å². The van der Waals surface area contributed by atoms with Crippen molar-refractivity contribution in [1.29, 1.82) is 0 Å². The zero-order valence-electron chi connectivity index (χ0n) is 17.9. The van der Waals surface area contributed by atoms with Crippen LogP contribution in [0.2, 0.25) is 10.0 Å². The zero-order chi connectivity index (χ0) is 22.2. The molecule has 1 aliphatic rings. The van der Waals surface area contributed by atoms with Crippen molar-refractivity contribution in [3.05, 3.63) is 94.0 Å². The number of carbonyl (C=O) groups is 1. The fourth-order valence-electron chi connectivity index (χ4n) is 4.79. The Morgan fingerprint density at radius 2 is 1.48 bits per heavy atom. The summed E-state index contributed by atoms with van der Waals surface area (Å²) in [5, 5.41) is 1.43. The van der Waals surface area contributed by atoms with Crippen LogP contribution in [0.3, 0.4) is 0 Å². The first-order valence-electron chi connectivity index (χ1n) is 10.3. The molecule has 0 N–H and O–H groups in total. The van der Waals surface area contributed by atoms with E-state index in [1.54, 1.807) is 0 Å². The molecule has 1 aliphatic heterocycles. The molecule has 1 heterocycles. The third-order valence-corrected chi connectivity index (χ3v) is 7.54. The Morgan fingerprint density at radius 1 is 0.903 bits per heavy atom. The number of hydrogen-bond acceptors (Lipinski definition) is 2. The van der Waals surface area contributed by atoms with Gasteiger partial charge in [0.25, 0.3) is 0 Å². The highest BCUT2D eigenvalue weighted by molar-refractivity contribution is 8.00. The number of amides is 1. The van der Waals surface area contributed by atoms with E-state index < -0.39 is 0 Å². The summed E-state index contributed by atoms with van der Waals surface area (Å²) < 4.78 is 0. The molecule has 0 saturated heterocycles. The van der Waals surface area contributed by atoms with Crippen LogP contribution in [0.25, 0.3) is 0 Å². The number of anilines is 1. The molecule has 0 aliphatic carbocycles. The molecule has 0 saturated carbocycles. The molecule has 0 spiro atoms. The molecule has 0 fully saturated rings. The minimum atomic E-state index is -0.347. The van der Waals surface area contributed by atoms with Crippen LogP contribution in [-0.2, 0) is 10.2 Å². The summed E-state index contributed by atoms with van der Waals surface area (Å²) in [6.45, 7) is 6.57. The molecule has 160 valence electrons. The zero-order valence-corrected chi connectivity index (χ0v) is 20.2. The molecule has 5 heteroatoms. The summed E-state index contributed by atoms with van der Waals surface area (Å²) in [5.74, 6) is 0.479. The van der Waals surface area contributed by atoms with Gasteiger partial charge < -0.3 is 4.90 Å². The van der Waals surface area contributed by atoms with Crippen molar-refractivity contribution in [3.63, 3.8) is 0 Å². The average Bonchev–Trinajstić information content (AvgIpc) is 2.73. The van der Waals surface area contributed by atoms with Gasteiger partial charge in [0, 0.05) is 31.6 Å². The lowest BCUT2D eigenvalue weighted by molar-refractivity contribution is -0.117. The molecule has 1 unspecified atom stereocenters. The first kappa shape index (κ1) is 22.3. The van der Waals surface area contributed by atoms with Crippen LogP contribution >= 0.6 is 35.0 Å². The van der Waals surface area contributed by atoms with Gasteiger partial charge in [0.15, 0.2) is 0 Å². The first-order valence-corrected chi connectivity index (χ1v) is 12.0. The molecule has 3 aromatic carbocycles. The van der Waals surface area contributed by atoms with Crippen molar-refractivity contribution in [2.75, 3.05) is 10.7 Å². The maximum Gasteiger partial charge on any atom is 0.237 e. The monoisotopic (exact) mass is 469 g/mol. The largest absolute Gasteiger partial charge is 0.306 e. The molecule has 3 aromatic rings. The number of para-hydroxylation sites is 1. The van der Waals surface area contributed by atoms with Crippen LogP contribution in [0.5, 0.6) is 0 Å². The second-order valence-electron chi connectivity index (χ2n) is 8.82. The summed E-state index contributed by atoms with van der Waals surface area (Å²) in [6, 6.07) is 24.0. The van der Waals surface area contributed by atoms with Gasteiger partial charge in [-0.3, -0.25) is 4.79 Å². The van der Waals surface area contributed by atoms with Gasteiger partial charge in [-0.1, -0.05) is 60.5 Å². The average molecular weight is 470 g/mol. The Hall–Kier alpha value is -1.94. The lowest BCUT2D eigenvalue weighted by Gasteiger charge is -2.51. The maximum absolute atomic E-state index is 13.5. The van der Waals surface area contributed by atoms with Gasteiger partial charge in [0.2, 0.25) is 5.91 Å². The van der Waals surface area contributed by atoms with Gasteiger partial charge >= 0.3 is 0 Å². The lowest BCUT2D eigenvalue weighted by Crippen LogP contribution is -2.56. The summed E-state index contributed by atoms with van der Waals surface area (Å²) in [6.07, 6.45) is 0.815. The van der Waals surface area contributed by atoms with E-state index in [4.69, 9.17) is 23.2 Å². The molecule has 4 rings (SSSR count). The second kappa shape index (κ2) is 8.54. The van der Waals surface area contributed by atoms with Crippen molar-refractivity contribution < 1.29 is 4.79 Å². The van der Waals surface area contributed by atoms with Crippen LogP contribution in [0.4, 0.5) is 5.69 Å². The highest BCUT2D eigenvalue weighted by atomic mass is 35.5. The highest BCUT2D eigenvalue weighted by Crippen LogP contribution is 2.50. The number of benzene rings is 3. The Kier molecular flexibility index (Phi) is 6.13. The topological polar surface area (TPSA) is 20.3 Å². The van der Waals surface area contributed by atoms with E-state index >= 15 is 0 Å². The minimum absolute atomic E-state index is 0.107. The van der Waals surface area contributed by atoms with E-state index in [2.05, 4.69) is 51.1 Å². The van der Waals surface area contributed by atoms with E-state index in [0.717, 1.165) is 22.0 Å². The molecular formula is C26H25Cl2NOS. The second-order valence-corrected chi connectivity index (χ2v) is 10.7. The number of rotatable bonds is 4. The van der Waals surface area contributed by atoms with Crippen molar-refractivity contribution in [2.45, 2.75) is 43.0 Å². The van der Waals surface area contributed by atoms with Crippen LogP contribution in [-0.4, -0.2) is 17.2 Å². The summed E-state index contributed by atoms with van der Waals surface area (Å²) in [5.41, 5.74) is 2.80. The standard InChI is InChI=1S/C26H25Cl2NOS/c1-25(2)17-26(3,18-8-10-19(27)11-9-18)22-6-4-5-7-23(22)29(25)24(30)16-31-21-14-12-20(28)13-15-21/h4-15H,16-17H2,1-3H3. The van der Waals surface area contributed by atoms with E-state index in [-0.39, 0.29) is 16.9 Å². The quantitative estimate of drug-likeness (QED) is 0.366. The van der Waals surface area contributed by atoms with Crippen LogP contribution in [0, 0.1) is 0 Å². The Labute approximate surface area is 198 Å². The van der Waals surface area contributed by atoms with Gasteiger partial charge in [-0.05, 0) is 73.9 Å². The van der Waals surface area contributed by atoms with E-state index in [1.807, 2.05) is 47.4 Å². The Bertz CT molecular complexity index is 1100. The van der Waals surface area contributed by atoms with E-state index in [0.29, 0.717) is 10.8 Å². The molecule has 31 heavy (non-hydrogen) atoms. The van der Waals surface area contributed by atoms with Crippen LogP contribution in [0.15, 0.2) is 77.7 Å². The molecule has 0 bridgehead atoms. The minimum Gasteiger partial charge on any atom is -0.306 e. The Morgan fingerprint density at radius 3 is 2.13 bits per heavy atom. The summed E-state index contributed by atoms with van der Waals surface area (Å²) in [4.78, 5) is 16.5. The van der Waals surface area contributed by atoms with Crippen molar-refractivity contribution in [2.24, 2.45) is 0 Å². The van der Waals surface area contributed by atoms with Crippen molar-refractivity contribution >= 4 is 46.6 Å². The fraction of sp³-hybridized carbons (Fsp3) is 0.269. The summed E-state index contributed by atoms with van der Waals surface area (Å²) >= 11 is 13.7. The maximum atomic E-state index is 13.5. The molecule has 0 aromatic heterocycles. The smallest absolute Gasteiger partial charge is 0.237 e. The summed E-state index contributed by atoms with van der Waals surface area (Å²) in [7, 11) is 0. The van der Waals surface area contributed by atoms with Gasteiger partial charge in [-0.2, -0.15) is 0 Å². The number of halogens is 2. The highest BCUT2D eigenvalue weighted by Gasteiger charge is 2.47. The molecule has 0 radical (unpaired) electrons. The van der Waals surface area contributed by atoms with Crippen molar-refractivity contribution in [1.82, 2.24) is 0 Å². The third-order valence-electron chi connectivity index (χ3n) is 6.04. The van der Waals surface area contributed by atoms with E-state index in [9.17, 15) is 4.79 Å². The number of nitrogens with zero attached hydrogens (tertiary/aromatic N) is 1. The van der Waals surface area contributed by atoms with Gasteiger partial charge in [-0.25, -0.2) is 0 Å². The fourth-order valence-corrected chi connectivity index (χ4v) is 5.79. The molecule has 1 amide bonds. The predicted octanol–water partition coefficient (Wildman–Crippen LogP) is 7.61. The van der Waals surface area contributed by atoms with Crippen LogP contribution < -0.4 is 4.90 Å². The van der Waals surface area contributed by atoms with Gasteiger partial charge in [0.05, 0.1) is 5.75 Å². The Balaban J connectivity index is 1.69. The molecular weight excluding hydrogens is 445 g/mol. The number of hydrogen-bond donors (Lipinski definition) is 0. The predicted molar refractivity (Wildman–Crippen MR) is 133 cm³/mol. The normalized spacial score (nSPS) is 19.7. The third kappa shape index (κ3) is 4.37. The SMILES string of the molecule is CC1(c2ccc(Cl)cc2)CC(C)(C)N(C(=O)CSc2ccc(Cl)cc2)c2ccccc21. The van der Waals surface area contributed by atoms with Crippen molar-refractivity contribution in [3.8, 4) is 0 Å². The lowest BCUT2D eigenvalue weighted by atomic mass is 9.65. The first-order chi connectivity index (χ1) is 14.7.